The van der Waals surface area contributed by atoms with E-state index in [0.29, 0.717) is 0 Å². The Bertz CT molecular complexity index is 213. The van der Waals surface area contributed by atoms with E-state index < -0.39 is 0 Å². The van der Waals surface area contributed by atoms with Crippen molar-refractivity contribution < 1.29 is 4.79 Å². The third kappa shape index (κ3) is 1.77. The molecule has 0 atom stereocenters. The summed E-state index contributed by atoms with van der Waals surface area (Å²) in [6.45, 7) is 2.41. The van der Waals surface area contributed by atoms with E-state index in [1.54, 1.807) is 0 Å². The molecular formula is C9H17N3O. The van der Waals surface area contributed by atoms with Gasteiger partial charge in [0.25, 0.3) is 0 Å². The van der Waals surface area contributed by atoms with Crippen molar-refractivity contribution in [3.05, 3.63) is 0 Å². The van der Waals surface area contributed by atoms with Gasteiger partial charge in [-0.3, -0.25) is 0 Å². The molecule has 0 aromatic heterocycles. The van der Waals surface area contributed by atoms with Gasteiger partial charge in [-0.2, -0.15) is 0 Å². The van der Waals surface area contributed by atoms with E-state index in [1.165, 1.54) is 6.42 Å². The fourth-order valence-electron chi connectivity index (χ4n) is 2.00. The lowest BCUT2D eigenvalue weighted by atomic mass is 9.77. The standard InChI is InChI=1S/C9H17N3O/c10-9(3-1-4-9)7-12-6-2-5-11-8(12)13/h1-7,10H2,(H,11,13). The molecule has 2 rings (SSSR count). The lowest BCUT2D eigenvalue weighted by Gasteiger charge is -2.42. The third-order valence-electron chi connectivity index (χ3n) is 3.02. The molecule has 0 spiro atoms. The molecule has 0 bridgehead atoms. The maximum absolute atomic E-state index is 11.4. The molecule has 4 heteroatoms. The van der Waals surface area contributed by atoms with E-state index in [-0.39, 0.29) is 11.6 Å². The zero-order valence-electron chi connectivity index (χ0n) is 7.88. The van der Waals surface area contributed by atoms with Crippen LogP contribution in [0.25, 0.3) is 0 Å². The second-order valence-electron chi connectivity index (χ2n) is 4.22. The number of nitrogens with one attached hydrogen (secondary N) is 1. The van der Waals surface area contributed by atoms with Crippen molar-refractivity contribution in [2.75, 3.05) is 19.6 Å². The van der Waals surface area contributed by atoms with Gasteiger partial charge in [-0.1, -0.05) is 0 Å². The van der Waals surface area contributed by atoms with Gasteiger partial charge < -0.3 is 16.0 Å². The highest BCUT2D eigenvalue weighted by Gasteiger charge is 2.36. The average molecular weight is 183 g/mol. The molecule has 74 valence electrons. The van der Waals surface area contributed by atoms with Crippen LogP contribution < -0.4 is 11.1 Å². The molecule has 0 aromatic rings. The highest BCUT2D eigenvalue weighted by molar-refractivity contribution is 5.74. The van der Waals surface area contributed by atoms with Crippen molar-refractivity contribution in [2.24, 2.45) is 5.73 Å². The van der Waals surface area contributed by atoms with Crippen LogP contribution in [0.5, 0.6) is 0 Å². The van der Waals surface area contributed by atoms with Crippen LogP contribution in [-0.4, -0.2) is 36.1 Å². The summed E-state index contributed by atoms with van der Waals surface area (Å²) in [6, 6.07) is 0.0583. The summed E-state index contributed by atoms with van der Waals surface area (Å²) in [5.74, 6) is 0. The zero-order valence-corrected chi connectivity index (χ0v) is 7.88. The van der Waals surface area contributed by atoms with E-state index in [2.05, 4.69) is 5.32 Å². The minimum Gasteiger partial charge on any atom is -0.338 e. The number of nitrogens with two attached hydrogens (primary N) is 1. The third-order valence-corrected chi connectivity index (χ3v) is 3.02. The van der Waals surface area contributed by atoms with Gasteiger partial charge >= 0.3 is 6.03 Å². The van der Waals surface area contributed by atoms with Crippen LogP contribution in [0.4, 0.5) is 4.79 Å². The molecule has 4 nitrogen and oxygen atoms in total. The Kier molecular flexibility index (Phi) is 2.15. The molecule has 0 radical (unpaired) electrons. The quantitative estimate of drug-likeness (QED) is 0.646. The molecule has 2 amide bonds. The first-order valence-electron chi connectivity index (χ1n) is 5.01. The van der Waals surface area contributed by atoms with E-state index in [0.717, 1.165) is 38.9 Å². The molecule has 3 N–H and O–H groups in total. The largest absolute Gasteiger partial charge is 0.338 e. The first-order chi connectivity index (χ1) is 6.20. The first-order valence-corrected chi connectivity index (χ1v) is 5.01. The maximum Gasteiger partial charge on any atom is 0.317 e. The molecule has 1 aliphatic heterocycles. The zero-order chi connectivity index (χ0) is 9.31. The summed E-state index contributed by atoms with van der Waals surface area (Å²) in [4.78, 5) is 13.2. The highest BCUT2D eigenvalue weighted by atomic mass is 16.2. The Balaban J connectivity index is 1.88. The monoisotopic (exact) mass is 183 g/mol. The molecule has 1 saturated heterocycles. The number of hydrogen-bond donors (Lipinski definition) is 2. The predicted octanol–water partition coefficient (Wildman–Crippen LogP) is 0.283. The second-order valence-corrected chi connectivity index (χ2v) is 4.22. The van der Waals surface area contributed by atoms with Crippen LogP contribution >= 0.6 is 0 Å². The molecule has 13 heavy (non-hydrogen) atoms. The van der Waals surface area contributed by atoms with Crippen molar-refractivity contribution in [1.82, 2.24) is 10.2 Å². The van der Waals surface area contributed by atoms with Crippen LogP contribution in [0, 0.1) is 0 Å². The summed E-state index contributed by atoms with van der Waals surface area (Å²) >= 11 is 0. The lowest BCUT2D eigenvalue weighted by molar-refractivity contribution is 0.138. The van der Waals surface area contributed by atoms with E-state index in [9.17, 15) is 4.79 Å². The molecule has 0 aromatic carbocycles. The van der Waals surface area contributed by atoms with E-state index >= 15 is 0 Å². The van der Waals surface area contributed by atoms with Crippen LogP contribution in [-0.2, 0) is 0 Å². The fraction of sp³-hybridized carbons (Fsp3) is 0.889. The Labute approximate surface area is 78.5 Å². The Morgan fingerprint density at radius 3 is 2.77 bits per heavy atom. The normalized spacial score (nSPS) is 26.5. The van der Waals surface area contributed by atoms with Crippen LogP contribution in [0.1, 0.15) is 25.7 Å². The van der Waals surface area contributed by atoms with Crippen molar-refractivity contribution in [2.45, 2.75) is 31.2 Å². The number of nitrogens with zero attached hydrogens (tertiary/aromatic N) is 1. The van der Waals surface area contributed by atoms with Crippen LogP contribution in [0.2, 0.25) is 0 Å². The summed E-state index contributed by atoms with van der Waals surface area (Å²) in [6.07, 6.45) is 4.39. The SMILES string of the molecule is NC1(CN2CCCNC2=O)CCC1. The van der Waals surface area contributed by atoms with Gasteiger partial charge in [0.05, 0.1) is 0 Å². The van der Waals surface area contributed by atoms with Gasteiger partial charge in [0.1, 0.15) is 0 Å². The minimum atomic E-state index is -0.0747. The molecule has 1 heterocycles. The minimum absolute atomic E-state index is 0.0583. The molecule has 0 unspecified atom stereocenters. The Hall–Kier alpha value is -0.770. The van der Waals surface area contributed by atoms with Crippen molar-refractivity contribution in [3.63, 3.8) is 0 Å². The van der Waals surface area contributed by atoms with Gasteiger partial charge in [0.2, 0.25) is 0 Å². The molecule has 1 saturated carbocycles. The van der Waals surface area contributed by atoms with E-state index in [4.69, 9.17) is 5.73 Å². The summed E-state index contributed by atoms with van der Waals surface area (Å²) < 4.78 is 0. The van der Waals surface area contributed by atoms with Gasteiger partial charge in [-0.05, 0) is 25.7 Å². The van der Waals surface area contributed by atoms with Gasteiger partial charge in [0, 0.05) is 25.2 Å². The molecule has 2 fully saturated rings. The fourth-order valence-corrected chi connectivity index (χ4v) is 2.00. The number of amides is 2. The highest BCUT2D eigenvalue weighted by Crippen LogP contribution is 2.30. The van der Waals surface area contributed by atoms with Crippen molar-refractivity contribution >= 4 is 6.03 Å². The number of rotatable bonds is 2. The summed E-state index contributed by atoms with van der Waals surface area (Å²) in [7, 11) is 0. The van der Waals surface area contributed by atoms with E-state index in [1.807, 2.05) is 4.90 Å². The Morgan fingerprint density at radius 1 is 1.46 bits per heavy atom. The van der Waals surface area contributed by atoms with Crippen molar-refractivity contribution in [1.29, 1.82) is 0 Å². The topological polar surface area (TPSA) is 58.4 Å². The average Bonchev–Trinajstić information content (AvgIpc) is 2.06. The van der Waals surface area contributed by atoms with Crippen molar-refractivity contribution in [3.8, 4) is 0 Å². The second kappa shape index (κ2) is 3.18. The van der Waals surface area contributed by atoms with Gasteiger partial charge in [-0.15, -0.1) is 0 Å². The van der Waals surface area contributed by atoms with Crippen LogP contribution in [0.15, 0.2) is 0 Å². The number of urea groups is 1. The number of hydrogen-bond acceptors (Lipinski definition) is 2. The summed E-state index contributed by atoms with van der Waals surface area (Å²) in [5.41, 5.74) is 6.00. The molecular weight excluding hydrogens is 166 g/mol. The lowest BCUT2D eigenvalue weighted by Crippen LogP contribution is -2.59. The maximum atomic E-state index is 11.4. The molecule has 2 aliphatic rings. The van der Waals surface area contributed by atoms with Crippen LogP contribution in [0.3, 0.4) is 0 Å². The Morgan fingerprint density at radius 2 is 2.23 bits per heavy atom. The number of carbonyl (C=O) groups is 1. The molecule has 1 aliphatic carbocycles. The van der Waals surface area contributed by atoms with Gasteiger partial charge in [-0.25, -0.2) is 4.79 Å². The smallest absolute Gasteiger partial charge is 0.317 e. The van der Waals surface area contributed by atoms with Gasteiger partial charge in [0.15, 0.2) is 0 Å². The summed E-state index contributed by atoms with van der Waals surface area (Å²) in [5, 5.41) is 2.83. The predicted molar refractivity (Wildman–Crippen MR) is 50.4 cm³/mol. The number of carbonyl (C=O) groups excluding carboxylic acids is 1. The first kappa shape index (κ1) is 8.81.